The minimum Gasteiger partial charge on any atom is -0.507 e. The van der Waals surface area contributed by atoms with Crippen LogP contribution in [0.4, 0.5) is 5.13 Å². The van der Waals surface area contributed by atoms with Gasteiger partial charge >= 0.3 is 5.91 Å². The first kappa shape index (κ1) is 22.7. The van der Waals surface area contributed by atoms with E-state index in [1.54, 1.807) is 37.3 Å². The molecule has 1 aliphatic rings. The maximum atomic E-state index is 13.1. The van der Waals surface area contributed by atoms with Crippen LogP contribution in [0.5, 0.6) is 5.75 Å². The van der Waals surface area contributed by atoms with E-state index in [1.165, 1.54) is 16.2 Å². The minimum absolute atomic E-state index is 0.0124. The molecule has 1 aliphatic heterocycles. The molecule has 0 saturated carbocycles. The van der Waals surface area contributed by atoms with E-state index in [0.29, 0.717) is 39.5 Å². The van der Waals surface area contributed by atoms with Gasteiger partial charge in [0.25, 0.3) is 5.78 Å². The highest BCUT2D eigenvalue weighted by molar-refractivity contribution is 7.15. The quantitative estimate of drug-likeness (QED) is 0.304. The summed E-state index contributed by atoms with van der Waals surface area (Å²) in [6.45, 7) is 6.59. The van der Waals surface area contributed by atoms with Crippen LogP contribution in [0.15, 0.2) is 60.2 Å². The molecule has 170 valence electrons. The maximum Gasteiger partial charge on any atom is 0.301 e. The van der Waals surface area contributed by atoms with Crippen molar-refractivity contribution in [3.63, 3.8) is 0 Å². The number of anilines is 1. The Hall–Kier alpha value is -3.52. The van der Waals surface area contributed by atoms with Gasteiger partial charge in [0.1, 0.15) is 16.5 Å². The molecule has 1 saturated heterocycles. The molecule has 2 heterocycles. The van der Waals surface area contributed by atoms with Crippen molar-refractivity contribution in [3.05, 3.63) is 76.3 Å². The van der Waals surface area contributed by atoms with Gasteiger partial charge in [-0.05, 0) is 37.0 Å². The lowest BCUT2D eigenvalue weighted by molar-refractivity contribution is -0.132. The Morgan fingerprint density at radius 3 is 2.55 bits per heavy atom. The van der Waals surface area contributed by atoms with E-state index in [-0.39, 0.29) is 11.3 Å². The molecule has 33 heavy (non-hydrogen) atoms. The Morgan fingerprint density at radius 1 is 1.12 bits per heavy atom. The number of aryl methyl sites for hydroxylation is 1. The number of Topliss-reactive ketones (excluding diaryl/α,β-unsaturated/α-hetero) is 1. The topological polar surface area (TPSA) is 92.6 Å². The Bertz CT molecular complexity index is 1200. The monoisotopic (exact) mass is 463 g/mol. The Balaban J connectivity index is 1.82. The zero-order valence-electron chi connectivity index (χ0n) is 18.7. The van der Waals surface area contributed by atoms with Gasteiger partial charge in [-0.3, -0.25) is 14.5 Å². The fraction of sp³-hybridized carbons (Fsp3) is 0.280. The van der Waals surface area contributed by atoms with Crippen LogP contribution in [-0.4, -0.2) is 33.6 Å². The summed E-state index contributed by atoms with van der Waals surface area (Å²) in [6.07, 6.45) is 0.904. The predicted octanol–water partition coefficient (Wildman–Crippen LogP) is 4.90. The van der Waals surface area contributed by atoms with Crippen LogP contribution in [0.1, 0.15) is 42.4 Å². The normalized spacial score (nSPS) is 17.7. The van der Waals surface area contributed by atoms with Crippen LogP contribution >= 0.6 is 11.3 Å². The van der Waals surface area contributed by atoms with Gasteiger partial charge in [0.2, 0.25) is 5.13 Å². The second-order valence-electron chi connectivity index (χ2n) is 8.24. The zero-order chi connectivity index (χ0) is 23.5. The van der Waals surface area contributed by atoms with Crippen LogP contribution in [0, 0.1) is 12.8 Å². The van der Waals surface area contributed by atoms with E-state index in [0.717, 1.165) is 6.42 Å². The third-order valence-electron chi connectivity index (χ3n) is 5.35. The molecule has 7 nitrogen and oxygen atoms in total. The summed E-state index contributed by atoms with van der Waals surface area (Å²) in [5.74, 6) is -0.604. The minimum atomic E-state index is -0.855. The number of benzene rings is 2. The average Bonchev–Trinajstić information content (AvgIpc) is 3.34. The summed E-state index contributed by atoms with van der Waals surface area (Å²) in [6, 6.07) is 15.1. The van der Waals surface area contributed by atoms with Gasteiger partial charge in [-0.15, -0.1) is 10.2 Å². The van der Waals surface area contributed by atoms with Crippen molar-refractivity contribution in [1.82, 2.24) is 10.2 Å². The van der Waals surface area contributed by atoms with E-state index in [9.17, 15) is 14.7 Å². The van der Waals surface area contributed by atoms with Gasteiger partial charge in [-0.1, -0.05) is 67.6 Å². The van der Waals surface area contributed by atoms with E-state index in [1.807, 2.05) is 24.3 Å². The standard InChI is InChI=1S/C25H25N3O4S/c1-15(2)12-13-32-19-11-7-10-18(14-19)21-20(22(29)17-8-5-4-6-9-17)23(30)24(31)28(21)25-27-26-16(3)33-25/h4-11,14-15,21,29H,12-13H2,1-3H3/b22-20+. The largest absolute Gasteiger partial charge is 0.507 e. The number of hydrogen-bond donors (Lipinski definition) is 1. The van der Waals surface area contributed by atoms with Gasteiger partial charge in [-0.25, -0.2) is 0 Å². The summed E-state index contributed by atoms with van der Waals surface area (Å²) in [4.78, 5) is 27.6. The number of ether oxygens (including phenoxy) is 1. The number of hydrogen-bond acceptors (Lipinski definition) is 7. The number of nitrogens with zero attached hydrogens (tertiary/aromatic N) is 3. The van der Waals surface area contributed by atoms with Gasteiger partial charge in [0.15, 0.2) is 0 Å². The number of amides is 1. The highest BCUT2D eigenvalue weighted by Gasteiger charge is 2.48. The van der Waals surface area contributed by atoms with Crippen molar-refractivity contribution >= 4 is 33.9 Å². The Labute approximate surface area is 196 Å². The molecule has 2 aromatic carbocycles. The lowest BCUT2D eigenvalue weighted by Crippen LogP contribution is -2.29. The molecule has 1 aromatic heterocycles. The second-order valence-corrected chi connectivity index (χ2v) is 9.40. The zero-order valence-corrected chi connectivity index (χ0v) is 19.5. The first-order chi connectivity index (χ1) is 15.9. The number of rotatable bonds is 7. The van der Waals surface area contributed by atoms with Gasteiger partial charge in [0, 0.05) is 5.56 Å². The highest BCUT2D eigenvalue weighted by Crippen LogP contribution is 2.43. The molecule has 1 fully saturated rings. The molecule has 1 N–H and O–H groups in total. The molecule has 0 spiro atoms. The van der Waals surface area contributed by atoms with Crippen molar-refractivity contribution in [2.24, 2.45) is 5.92 Å². The molecule has 8 heteroatoms. The van der Waals surface area contributed by atoms with Crippen molar-refractivity contribution in [1.29, 1.82) is 0 Å². The molecule has 0 radical (unpaired) electrons. The van der Waals surface area contributed by atoms with Crippen molar-refractivity contribution in [2.75, 3.05) is 11.5 Å². The molecule has 1 amide bonds. The molecule has 3 aromatic rings. The van der Waals surface area contributed by atoms with Crippen molar-refractivity contribution in [3.8, 4) is 5.75 Å². The number of carbonyl (C=O) groups is 2. The molecular weight excluding hydrogens is 438 g/mol. The number of ketones is 1. The Morgan fingerprint density at radius 2 is 1.88 bits per heavy atom. The average molecular weight is 464 g/mol. The fourth-order valence-corrected chi connectivity index (χ4v) is 4.38. The number of aliphatic hydroxyl groups is 1. The van der Waals surface area contributed by atoms with Crippen LogP contribution in [-0.2, 0) is 9.59 Å². The summed E-state index contributed by atoms with van der Waals surface area (Å²) in [7, 11) is 0. The second kappa shape index (κ2) is 9.54. The van der Waals surface area contributed by atoms with Crippen molar-refractivity contribution in [2.45, 2.75) is 33.2 Å². The lowest BCUT2D eigenvalue weighted by atomic mass is 9.95. The third kappa shape index (κ3) is 4.66. The van der Waals surface area contributed by atoms with Crippen LogP contribution < -0.4 is 9.64 Å². The van der Waals surface area contributed by atoms with E-state index < -0.39 is 17.7 Å². The molecule has 4 rings (SSSR count). The fourth-order valence-electron chi connectivity index (χ4n) is 3.67. The van der Waals surface area contributed by atoms with Crippen LogP contribution in [0.25, 0.3) is 5.76 Å². The number of aromatic nitrogens is 2. The highest BCUT2D eigenvalue weighted by atomic mass is 32.1. The molecule has 1 atom stereocenters. The predicted molar refractivity (Wildman–Crippen MR) is 127 cm³/mol. The van der Waals surface area contributed by atoms with Gasteiger partial charge in [0.05, 0.1) is 18.2 Å². The first-order valence-electron chi connectivity index (χ1n) is 10.8. The van der Waals surface area contributed by atoms with E-state index in [4.69, 9.17) is 4.74 Å². The van der Waals surface area contributed by atoms with E-state index in [2.05, 4.69) is 24.0 Å². The number of carbonyl (C=O) groups excluding carboxylic acids is 2. The van der Waals surface area contributed by atoms with Crippen molar-refractivity contribution < 1.29 is 19.4 Å². The molecule has 0 bridgehead atoms. The summed E-state index contributed by atoms with van der Waals surface area (Å²) >= 11 is 1.22. The molecular formula is C25H25N3O4S. The molecule has 0 aliphatic carbocycles. The molecule has 1 unspecified atom stereocenters. The third-order valence-corrected chi connectivity index (χ3v) is 6.19. The SMILES string of the molecule is Cc1nnc(N2C(=O)C(=O)/C(=C(/O)c3ccccc3)C2c2cccc(OCCC(C)C)c2)s1. The maximum absolute atomic E-state index is 13.1. The summed E-state index contributed by atoms with van der Waals surface area (Å²) < 4.78 is 5.90. The summed E-state index contributed by atoms with van der Waals surface area (Å²) in [5.41, 5.74) is 1.11. The van der Waals surface area contributed by atoms with Gasteiger partial charge in [-0.2, -0.15) is 0 Å². The Kier molecular flexibility index (Phi) is 6.55. The van der Waals surface area contributed by atoms with Crippen LogP contribution in [0.3, 0.4) is 0 Å². The number of aliphatic hydroxyl groups excluding tert-OH is 1. The van der Waals surface area contributed by atoms with Gasteiger partial charge < -0.3 is 9.84 Å². The lowest BCUT2D eigenvalue weighted by Gasteiger charge is -2.23. The first-order valence-corrected chi connectivity index (χ1v) is 11.6. The van der Waals surface area contributed by atoms with E-state index >= 15 is 0 Å². The summed E-state index contributed by atoms with van der Waals surface area (Å²) in [5, 5.41) is 20.2. The van der Waals surface area contributed by atoms with Crippen LogP contribution in [0.2, 0.25) is 0 Å². The smallest absolute Gasteiger partial charge is 0.301 e.